The van der Waals surface area contributed by atoms with E-state index in [1.807, 2.05) is 6.92 Å². The van der Waals surface area contributed by atoms with Gasteiger partial charge in [-0.2, -0.15) is 0 Å². The predicted molar refractivity (Wildman–Crippen MR) is 51.8 cm³/mol. The Morgan fingerprint density at radius 3 is 2.00 bits per heavy atom. The first-order chi connectivity index (χ1) is 6.10. The zero-order chi connectivity index (χ0) is 10.3. The summed E-state index contributed by atoms with van der Waals surface area (Å²) < 4.78 is 21.7. The van der Waals surface area contributed by atoms with E-state index in [2.05, 4.69) is 0 Å². The van der Waals surface area contributed by atoms with E-state index < -0.39 is 13.4 Å². The Morgan fingerprint density at radius 1 is 1.23 bits per heavy atom. The van der Waals surface area contributed by atoms with Gasteiger partial charge in [-0.15, -0.1) is 0 Å². The normalized spacial score (nSPS) is 14.5. The van der Waals surface area contributed by atoms with E-state index in [1.54, 1.807) is 13.8 Å². The molecule has 0 aliphatic carbocycles. The highest BCUT2D eigenvalue weighted by molar-refractivity contribution is 7.54. The summed E-state index contributed by atoms with van der Waals surface area (Å²) in [5.41, 5.74) is 0. The minimum Gasteiger partial charge on any atom is -0.380 e. The number of aliphatic hydroxyl groups is 1. The van der Waals surface area contributed by atoms with E-state index in [0.29, 0.717) is 6.42 Å². The van der Waals surface area contributed by atoms with E-state index in [1.165, 1.54) is 0 Å². The minimum absolute atomic E-state index is 0.290. The molecule has 0 aromatic heterocycles. The molecule has 5 heteroatoms. The van der Waals surface area contributed by atoms with Crippen molar-refractivity contribution in [3.05, 3.63) is 0 Å². The van der Waals surface area contributed by atoms with Crippen molar-refractivity contribution in [2.45, 2.75) is 39.5 Å². The fourth-order valence-electron chi connectivity index (χ4n) is 0.986. The lowest BCUT2D eigenvalue weighted by molar-refractivity contribution is 0.144. The summed E-state index contributed by atoms with van der Waals surface area (Å²) >= 11 is 0. The predicted octanol–water partition coefficient (Wildman–Crippen LogP) is 2.37. The number of rotatable bonds is 7. The molecule has 0 heterocycles. The maximum Gasteiger partial charge on any atom is 0.358 e. The molecule has 1 atom stereocenters. The van der Waals surface area contributed by atoms with Crippen LogP contribution in [0.1, 0.15) is 33.6 Å². The van der Waals surface area contributed by atoms with Crippen LogP contribution >= 0.6 is 7.60 Å². The second-order valence-corrected chi connectivity index (χ2v) is 4.84. The molecule has 0 bridgehead atoms. The van der Waals surface area contributed by atoms with Gasteiger partial charge in [0.25, 0.3) is 0 Å². The van der Waals surface area contributed by atoms with Crippen LogP contribution in [0.2, 0.25) is 0 Å². The molecule has 0 saturated heterocycles. The van der Waals surface area contributed by atoms with Crippen molar-refractivity contribution in [3.63, 3.8) is 0 Å². The van der Waals surface area contributed by atoms with Crippen LogP contribution in [0.25, 0.3) is 0 Å². The second-order valence-electron chi connectivity index (χ2n) is 2.64. The fourth-order valence-corrected chi connectivity index (χ4v) is 2.70. The Balaban J connectivity index is 4.28. The molecule has 4 nitrogen and oxygen atoms in total. The molecule has 0 rings (SSSR count). The molecule has 0 saturated carbocycles. The van der Waals surface area contributed by atoms with Crippen LogP contribution in [0, 0.1) is 0 Å². The first-order valence-electron chi connectivity index (χ1n) is 4.67. The summed E-state index contributed by atoms with van der Waals surface area (Å²) in [4.78, 5) is 0. The van der Waals surface area contributed by atoms with Gasteiger partial charge in [0.15, 0.2) is 5.85 Å². The third-order valence-corrected chi connectivity index (χ3v) is 3.75. The van der Waals surface area contributed by atoms with Crippen molar-refractivity contribution in [1.29, 1.82) is 0 Å². The van der Waals surface area contributed by atoms with Gasteiger partial charge in [-0.05, 0) is 20.3 Å². The summed E-state index contributed by atoms with van der Waals surface area (Å²) in [6.07, 6.45) is 1.20. The van der Waals surface area contributed by atoms with Gasteiger partial charge in [-0.3, -0.25) is 4.57 Å². The quantitative estimate of drug-likeness (QED) is 0.655. The van der Waals surface area contributed by atoms with Crippen LogP contribution in [0.4, 0.5) is 0 Å². The third kappa shape index (κ3) is 4.23. The summed E-state index contributed by atoms with van der Waals surface area (Å²) in [6, 6.07) is 0. The highest BCUT2D eigenvalue weighted by Gasteiger charge is 2.32. The maximum atomic E-state index is 11.8. The van der Waals surface area contributed by atoms with Gasteiger partial charge in [-0.1, -0.05) is 13.3 Å². The van der Waals surface area contributed by atoms with Gasteiger partial charge in [-0.25, -0.2) is 0 Å². The lowest BCUT2D eigenvalue weighted by atomic mass is 10.4. The molecule has 0 aliphatic rings. The highest BCUT2D eigenvalue weighted by Crippen LogP contribution is 2.53. The number of hydrogen-bond donors (Lipinski definition) is 1. The molecular weight excluding hydrogens is 191 g/mol. The topological polar surface area (TPSA) is 55.8 Å². The minimum atomic E-state index is -3.27. The molecular formula is C8H19O4P. The molecule has 13 heavy (non-hydrogen) atoms. The van der Waals surface area contributed by atoms with Crippen LogP contribution < -0.4 is 0 Å². The van der Waals surface area contributed by atoms with E-state index >= 15 is 0 Å². The maximum absolute atomic E-state index is 11.8. The van der Waals surface area contributed by atoms with Crippen LogP contribution in [-0.2, 0) is 13.6 Å². The smallest absolute Gasteiger partial charge is 0.358 e. The average molecular weight is 210 g/mol. The Labute approximate surface area is 79.8 Å². The fraction of sp³-hybridized carbons (Fsp3) is 1.00. The summed E-state index contributed by atoms with van der Waals surface area (Å²) in [6.45, 7) is 5.94. The Hall–Kier alpha value is 0.110. The van der Waals surface area contributed by atoms with E-state index in [-0.39, 0.29) is 13.2 Å². The molecule has 0 aromatic rings. The standard InChI is InChI=1S/C8H19O4P/c1-4-7-8(9)13(10,11-5-2)12-6-3/h8-9H,4-7H2,1-3H3/t8-/m0/s1. The second kappa shape index (κ2) is 6.55. The third-order valence-electron chi connectivity index (χ3n) is 1.53. The lowest BCUT2D eigenvalue weighted by Gasteiger charge is -2.21. The van der Waals surface area contributed by atoms with Crippen molar-refractivity contribution in [3.8, 4) is 0 Å². The van der Waals surface area contributed by atoms with Gasteiger partial charge >= 0.3 is 7.60 Å². The first kappa shape index (κ1) is 13.1. The van der Waals surface area contributed by atoms with E-state index in [4.69, 9.17) is 9.05 Å². The van der Waals surface area contributed by atoms with Crippen LogP contribution in [0.15, 0.2) is 0 Å². The van der Waals surface area contributed by atoms with Gasteiger partial charge in [0, 0.05) is 0 Å². The van der Waals surface area contributed by atoms with Crippen LogP contribution in [0.3, 0.4) is 0 Å². The Morgan fingerprint density at radius 2 is 1.69 bits per heavy atom. The monoisotopic (exact) mass is 210 g/mol. The van der Waals surface area contributed by atoms with Crippen molar-refractivity contribution in [1.82, 2.24) is 0 Å². The van der Waals surface area contributed by atoms with E-state index in [9.17, 15) is 9.67 Å². The molecule has 0 aromatic carbocycles. The zero-order valence-corrected chi connectivity index (χ0v) is 9.42. The van der Waals surface area contributed by atoms with Crippen molar-refractivity contribution < 1.29 is 18.7 Å². The van der Waals surface area contributed by atoms with Crippen molar-refractivity contribution >= 4 is 7.60 Å². The van der Waals surface area contributed by atoms with Gasteiger partial charge in [0.05, 0.1) is 13.2 Å². The summed E-state index contributed by atoms with van der Waals surface area (Å²) in [7, 11) is -3.27. The number of aliphatic hydroxyl groups excluding tert-OH is 1. The zero-order valence-electron chi connectivity index (χ0n) is 8.52. The van der Waals surface area contributed by atoms with E-state index in [0.717, 1.165) is 6.42 Å². The molecule has 1 N–H and O–H groups in total. The van der Waals surface area contributed by atoms with Crippen LogP contribution in [-0.4, -0.2) is 24.2 Å². The molecule has 0 aliphatic heterocycles. The first-order valence-corrected chi connectivity index (χ1v) is 6.28. The molecule has 80 valence electrons. The van der Waals surface area contributed by atoms with Gasteiger partial charge < -0.3 is 14.2 Å². The average Bonchev–Trinajstić information content (AvgIpc) is 2.05. The SMILES string of the molecule is CCC[C@@H](O)P(=O)(OCC)OCC. The van der Waals surface area contributed by atoms with Gasteiger partial charge in [0.1, 0.15) is 0 Å². The van der Waals surface area contributed by atoms with Crippen LogP contribution in [0.5, 0.6) is 0 Å². The summed E-state index contributed by atoms with van der Waals surface area (Å²) in [5, 5.41) is 9.52. The van der Waals surface area contributed by atoms with Crippen molar-refractivity contribution in [2.24, 2.45) is 0 Å². The highest BCUT2D eigenvalue weighted by atomic mass is 31.2. The van der Waals surface area contributed by atoms with Crippen molar-refractivity contribution in [2.75, 3.05) is 13.2 Å². The molecule has 0 unspecified atom stereocenters. The summed E-state index contributed by atoms with van der Waals surface area (Å²) in [5.74, 6) is -0.989. The lowest BCUT2D eigenvalue weighted by Crippen LogP contribution is -2.12. The largest absolute Gasteiger partial charge is 0.380 e. The number of hydrogen-bond acceptors (Lipinski definition) is 4. The molecule has 0 radical (unpaired) electrons. The Bertz CT molecular complexity index is 162. The Kier molecular flexibility index (Phi) is 6.60. The van der Waals surface area contributed by atoms with Gasteiger partial charge in [0.2, 0.25) is 0 Å². The molecule has 0 amide bonds. The molecule has 0 fully saturated rings. The molecule has 0 spiro atoms.